The molecular formula is C12H18FN3. The summed E-state index contributed by atoms with van der Waals surface area (Å²) >= 11 is 0. The van der Waals surface area contributed by atoms with Crippen molar-refractivity contribution in [2.24, 2.45) is 5.73 Å². The molecule has 0 spiro atoms. The summed E-state index contributed by atoms with van der Waals surface area (Å²) in [6.45, 7) is 3.80. The molecule has 1 aromatic rings. The van der Waals surface area contributed by atoms with Crippen LogP contribution < -0.4 is 5.73 Å². The molecule has 1 fully saturated rings. The summed E-state index contributed by atoms with van der Waals surface area (Å²) in [6, 6.07) is 2.18. The molecule has 88 valence electrons. The zero-order valence-corrected chi connectivity index (χ0v) is 9.56. The highest BCUT2D eigenvalue weighted by Gasteiger charge is 2.28. The van der Waals surface area contributed by atoms with E-state index >= 15 is 0 Å². The fraction of sp³-hybridized carbons (Fsp3) is 0.583. The molecule has 1 saturated heterocycles. The molecule has 2 heterocycles. The molecule has 0 bridgehead atoms. The molecule has 0 aromatic carbocycles. The van der Waals surface area contributed by atoms with Crippen molar-refractivity contribution >= 4 is 0 Å². The summed E-state index contributed by atoms with van der Waals surface area (Å²) in [5.74, 6) is -0.271. The Kier molecular flexibility index (Phi) is 3.51. The van der Waals surface area contributed by atoms with Crippen molar-refractivity contribution in [3.63, 3.8) is 0 Å². The number of nitrogens with zero attached hydrogens (tertiary/aromatic N) is 2. The van der Waals surface area contributed by atoms with Crippen LogP contribution in [0.4, 0.5) is 4.39 Å². The Hall–Kier alpha value is -1.00. The molecule has 2 unspecified atom stereocenters. The van der Waals surface area contributed by atoms with Crippen LogP contribution in [0.1, 0.15) is 31.4 Å². The first-order chi connectivity index (χ1) is 7.72. The number of hydrogen-bond donors (Lipinski definition) is 1. The van der Waals surface area contributed by atoms with Crippen molar-refractivity contribution in [2.45, 2.75) is 31.8 Å². The lowest BCUT2D eigenvalue weighted by molar-refractivity contribution is 0.196. The van der Waals surface area contributed by atoms with Crippen LogP contribution in [0.5, 0.6) is 0 Å². The second kappa shape index (κ2) is 4.89. The summed E-state index contributed by atoms with van der Waals surface area (Å²) in [7, 11) is 0. The fourth-order valence-corrected chi connectivity index (χ4v) is 2.47. The van der Waals surface area contributed by atoms with Gasteiger partial charge in [-0.15, -0.1) is 0 Å². The van der Waals surface area contributed by atoms with Gasteiger partial charge in [-0.05, 0) is 37.9 Å². The van der Waals surface area contributed by atoms with Gasteiger partial charge in [0.15, 0.2) is 0 Å². The van der Waals surface area contributed by atoms with E-state index in [9.17, 15) is 4.39 Å². The van der Waals surface area contributed by atoms with Gasteiger partial charge in [0.25, 0.3) is 0 Å². The van der Waals surface area contributed by atoms with Crippen LogP contribution in [0.3, 0.4) is 0 Å². The Bertz CT molecular complexity index is 356. The monoisotopic (exact) mass is 223 g/mol. The summed E-state index contributed by atoms with van der Waals surface area (Å²) in [6.07, 6.45) is 5.29. The number of nitrogens with two attached hydrogens (primary N) is 1. The molecule has 3 nitrogen and oxygen atoms in total. The highest BCUT2D eigenvalue weighted by atomic mass is 19.1. The van der Waals surface area contributed by atoms with Crippen molar-refractivity contribution in [3.05, 3.63) is 29.8 Å². The van der Waals surface area contributed by atoms with E-state index in [1.54, 1.807) is 12.3 Å². The minimum Gasteiger partial charge on any atom is -0.329 e. The number of pyridine rings is 1. The summed E-state index contributed by atoms with van der Waals surface area (Å²) < 4.78 is 13.1. The lowest BCUT2D eigenvalue weighted by Gasteiger charge is -2.30. The zero-order valence-electron chi connectivity index (χ0n) is 9.56. The smallest absolute Gasteiger partial charge is 0.141 e. The van der Waals surface area contributed by atoms with Gasteiger partial charge in [0, 0.05) is 24.8 Å². The molecule has 2 rings (SSSR count). The van der Waals surface area contributed by atoms with Gasteiger partial charge in [-0.3, -0.25) is 9.88 Å². The minimum atomic E-state index is -0.271. The van der Waals surface area contributed by atoms with Crippen molar-refractivity contribution in [1.29, 1.82) is 0 Å². The number of hydrogen-bond acceptors (Lipinski definition) is 3. The van der Waals surface area contributed by atoms with Gasteiger partial charge in [-0.2, -0.15) is 0 Å². The second-order valence-electron chi connectivity index (χ2n) is 4.38. The molecule has 2 atom stereocenters. The van der Waals surface area contributed by atoms with E-state index in [0.717, 1.165) is 18.5 Å². The number of aromatic nitrogens is 1. The largest absolute Gasteiger partial charge is 0.329 e. The van der Waals surface area contributed by atoms with Crippen molar-refractivity contribution in [3.8, 4) is 0 Å². The molecular weight excluding hydrogens is 205 g/mol. The molecule has 0 saturated carbocycles. The summed E-state index contributed by atoms with van der Waals surface area (Å²) in [4.78, 5) is 6.24. The van der Waals surface area contributed by atoms with Crippen LogP contribution in [0.2, 0.25) is 0 Å². The van der Waals surface area contributed by atoms with Crippen LogP contribution in [0.15, 0.2) is 18.5 Å². The van der Waals surface area contributed by atoms with Crippen LogP contribution in [0, 0.1) is 5.82 Å². The minimum absolute atomic E-state index is 0.194. The maximum Gasteiger partial charge on any atom is 0.141 e. The highest BCUT2D eigenvalue weighted by molar-refractivity contribution is 5.15. The van der Waals surface area contributed by atoms with Crippen LogP contribution >= 0.6 is 0 Å². The van der Waals surface area contributed by atoms with Gasteiger partial charge in [-0.25, -0.2) is 4.39 Å². The van der Waals surface area contributed by atoms with Gasteiger partial charge < -0.3 is 5.73 Å². The topological polar surface area (TPSA) is 42.2 Å². The maximum absolute atomic E-state index is 13.1. The van der Waals surface area contributed by atoms with E-state index in [1.807, 2.05) is 0 Å². The fourth-order valence-electron chi connectivity index (χ4n) is 2.47. The van der Waals surface area contributed by atoms with E-state index in [1.165, 1.54) is 12.6 Å². The zero-order chi connectivity index (χ0) is 11.5. The Balaban J connectivity index is 2.15. The van der Waals surface area contributed by atoms with Crippen LogP contribution in [-0.2, 0) is 0 Å². The van der Waals surface area contributed by atoms with E-state index in [4.69, 9.17) is 5.73 Å². The lowest BCUT2D eigenvalue weighted by Crippen LogP contribution is -2.37. The Morgan fingerprint density at radius 3 is 3.12 bits per heavy atom. The normalized spacial score (nSPS) is 23.6. The Labute approximate surface area is 95.5 Å². The van der Waals surface area contributed by atoms with E-state index in [-0.39, 0.29) is 11.9 Å². The molecule has 0 amide bonds. The number of rotatable bonds is 3. The Morgan fingerprint density at radius 1 is 1.62 bits per heavy atom. The molecule has 0 aliphatic carbocycles. The first kappa shape index (κ1) is 11.5. The first-order valence-corrected chi connectivity index (χ1v) is 5.78. The molecule has 16 heavy (non-hydrogen) atoms. The SMILES string of the molecule is CC(c1cncc(F)c1)N1CCCC1CN. The third kappa shape index (κ3) is 2.23. The second-order valence-corrected chi connectivity index (χ2v) is 4.38. The predicted octanol–water partition coefficient (Wildman–Crippen LogP) is 1.70. The van der Waals surface area contributed by atoms with E-state index in [2.05, 4.69) is 16.8 Å². The number of halogens is 1. The molecule has 1 aliphatic rings. The first-order valence-electron chi connectivity index (χ1n) is 5.78. The molecule has 0 radical (unpaired) electrons. The quantitative estimate of drug-likeness (QED) is 0.848. The van der Waals surface area contributed by atoms with Crippen molar-refractivity contribution < 1.29 is 4.39 Å². The number of likely N-dealkylation sites (tertiary alicyclic amines) is 1. The van der Waals surface area contributed by atoms with Gasteiger partial charge in [0.05, 0.1) is 6.20 Å². The van der Waals surface area contributed by atoms with Gasteiger partial charge in [0.1, 0.15) is 5.82 Å². The van der Waals surface area contributed by atoms with E-state index < -0.39 is 0 Å². The molecule has 4 heteroatoms. The van der Waals surface area contributed by atoms with Crippen molar-refractivity contribution in [2.75, 3.05) is 13.1 Å². The third-order valence-corrected chi connectivity index (χ3v) is 3.40. The highest BCUT2D eigenvalue weighted by Crippen LogP contribution is 2.28. The van der Waals surface area contributed by atoms with Gasteiger partial charge in [0.2, 0.25) is 0 Å². The van der Waals surface area contributed by atoms with Gasteiger partial charge >= 0.3 is 0 Å². The predicted molar refractivity (Wildman–Crippen MR) is 61.4 cm³/mol. The average molecular weight is 223 g/mol. The molecule has 1 aromatic heterocycles. The third-order valence-electron chi connectivity index (χ3n) is 3.40. The van der Waals surface area contributed by atoms with Crippen molar-refractivity contribution in [1.82, 2.24) is 9.88 Å². The van der Waals surface area contributed by atoms with E-state index in [0.29, 0.717) is 12.6 Å². The van der Waals surface area contributed by atoms with Gasteiger partial charge in [-0.1, -0.05) is 0 Å². The standard InChI is InChI=1S/C12H18FN3/c1-9(10-5-11(13)8-15-7-10)16-4-2-3-12(16)6-14/h5,7-9,12H,2-4,6,14H2,1H3. The lowest BCUT2D eigenvalue weighted by atomic mass is 10.1. The Morgan fingerprint density at radius 2 is 2.44 bits per heavy atom. The maximum atomic E-state index is 13.1. The molecule has 2 N–H and O–H groups in total. The average Bonchev–Trinajstić information content (AvgIpc) is 2.76. The molecule has 1 aliphatic heterocycles. The van der Waals surface area contributed by atoms with Crippen LogP contribution in [-0.4, -0.2) is 29.0 Å². The summed E-state index contributed by atoms with van der Waals surface area (Å²) in [5, 5.41) is 0. The van der Waals surface area contributed by atoms with Crippen LogP contribution in [0.25, 0.3) is 0 Å². The summed E-state index contributed by atoms with van der Waals surface area (Å²) in [5.41, 5.74) is 6.67.